The minimum absolute atomic E-state index is 0.887. The van der Waals surface area contributed by atoms with Crippen molar-refractivity contribution in [1.82, 2.24) is 0 Å². The maximum absolute atomic E-state index is 3.88. The SMILES string of the molecule is C/C=C(\S)Br. The lowest BCUT2D eigenvalue weighted by molar-refractivity contribution is 1.78. The summed E-state index contributed by atoms with van der Waals surface area (Å²) in [7, 11) is 0. The Balaban J connectivity index is 3.14. The summed E-state index contributed by atoms with van der Waals surface area (Å²) in [6, 6.07) is 0. The van der Waals surface area contributed by atoms with Crippen LogP contribution in [0.25, 0.3) is 0 Å². The van der Waals surface area contributed by atoms with Crippen LogP contribution in [-0.2, 0) is 0 Å². The van der Waals surface area contributed by atoms with Gasteiger partial charge >= 0.3 is 0 Å². The molecule has 0 bridgehead atoms. The summed E-state index contributed by atoms with van der Waals surface area (Å²) in [4.78, 5) is 0. The Hall–Kier alpha value is 0.570. The van der Waals surface area contributed by atoms with Crippen molar-refractivity contribution in [1.29, 1.82) is 0 Å². The normalized spacial score (nSPS) is 12.2. The van der Waals surface area contributed by atoms with Crippen LogP contribution in [0.1, 0.15) is 6.92 Å². The van der Waals surface area contributed by atoms with E-state index in [4.69, 9.17) is 0 Å². The van der Waals surface area contributed by atoms with E-state index >= 15 is 0 Å². The first-order valence-electron chi connectivity index (χ1n) is 1.28. The van der Waals surface area contributed by atoms with Crippen LogP contribution in [-0.4, -0.2) is 0 Å². The zero-order valence-corrected chi connectivity index (χ0v) is 5.38. The van der Waals surface area contributed by atoms with Gasteiger partial charge < -0.3 is 0 Å². The third-order valence-corrected chi connectivity index (χ3v) is 0.954. The molecule has 0 aliphatic carbocycles. The van der Waals surface area contributed by atoms with Gasteiger partial charge in [0.15, 0.2) is 0 Å². The smallest absolute Gasteiger partial charge is 0.0429 e. The fourth-order valence-electron chi connectivity index (χ4n) is 0. The van der Waals surface area contributed by atoms with E-state index in [1.807, 2.05) is 13.0 Å². The topological polar surface area (TPSA) is 0 Å². The fourth-order valence-corrected chi connectivity index (χ4v) is 0. The molecule has 0 aromatic heterocycles. The van der Waals surface area contributed by atoms with Crippen molar-refractivity contribution in [3.05, 3.63) is 9.89 Å². The summed E-state index contributed by atoms with van der Waals surface area (Å²) in [5, 5.41) is 0. The molecule has 0 radical (unpaired) electrons. The van der Waals surface area contributed by atoms with Crippen LogP contribution in [0, 0.1) is 0 Å². The van der Waals surface area contributed by atoms with Gasteiger partial charge in [0.05, 0.1) is 0 Å². The Morgan fingerprint density at radius 3 is 2.20 bits per heavy atom. The second kappa shape index (κ2) is 2.79. The minimum Gasteiger partial charge on any atom is -0.136 e. The van der Waals surface area contributed by atoms with Gasteiger partial charge in [-0.1, -0.05) is 6.08 Å². The third kappa shape index (κ3) is 4.57. The van der Waals surface area contributed by atoms with Crippen molar-refractivity contribution < 1.29 is 0 Å². The highest BCUT2D eigenvalue weighted by Gasteiger charge is 1.65. The molecule has 0 spiro atoms. The first kappa shape index (κ1) is 5.57. The summed E-state index contributed by atoms with van der Waals surface area (Å²) < 4.78 is 0.887. The number of halogens is 1. The van der Waals surface area contributed by atoms with E-state index in [-0.39, 0.29) is 0 Å². The predicted octanol–water partition coefficient (Wildman–Crippen LogP) is 2.17. The van der Waals surface area contributed by atoms with Gasteiger partial charge in [0.25, 0.3) is 0 Å². The van der Waals surface area contributed by atoms with Gasteiger partial charge in [-0.25, -0.2) is 0 Å². The van der Waals surface area contributed by atoms with Crippen molar-refractivity contribution >= 4 is 28.6 Å². The molecule has 30 valence electrons. The monoisotopic (exact) mass is 152 g/mol. The maximum atomic E-state index is 3.88. The maximum Gasteiger partial charge on any atom is 0.0429 e. The summed E-state index contributed by atoms with van der Waals surface area (Å²) in [5.74, 6) is 0. The first-order chi connectivity index (χ1) is 2.27. The molecule has 0 saturated heterocycles. The Bertz CT molecular complexity index is 44.9. The summed E-state index contributed by atoms with van der Waals surface area (Å²) in [5.41, 5.74) is 0. The van der Waals surface area contributed by atoms with E-state index in [1.165, 1.54) is 0 Å². The van der Waals surface area contributed by atoms with Crippen LogP contribution >= 0.6 is 28.6 Å². The van der Waals surface area contributed by atoms with Crippen LogP contribution in [0.5, 0.6) is 0 Å². The number of hydrogen-bond donors (Lipinski definition) is 1. The molecule has 0 amide bonds. The zero-order chi connectivity index (χ0) is 4.28. The molecule has 0 saturated carbocycles. The molecule has 0 rings (SSSR count). The van der Waals surface area contributed by atoms with Crippen molar-refractivity contribution in [2.45, 2.75) is 6.92 Å². The molecule has 0 heterocycles. The molecule has 0 aromatic carbocycles. The highest BCUT2D eigenvalue weighted by Crippen LogP contribution is 2.06. The average molecular weight is 153 g/mol. The van der Waals surface area contributed by atoms with E-state index in [9.17, 15) is 0 Å². The highest BCUT2D eigenvalue weighted by molar-refractivity contribution is 9.13. The van der Waals surface area contributed by atoms with Crippen LogP contribution < -0.4 is 0 Å². The summed E-state index contributed by atoms with van der Waals surface area (Å²) in [6.45, 7) is 1.91. The Morgan fingerprint density at radius 1 is 2.00 bits per heavy atom. The first-order valence-corrected chi connectivity index (χ1v) is 2.52. The second-order valence-corrected chi connectivity index (χ2v) is 2.56. The predicted molar refractivity (Wildman–Crippen MR) is 31.7 cm³/mol. The molecule has 0 aliphatic rings. The highest BCUT2D eigenvalue weighted by atomic mass is 79.9. The van der Waals surface area contributed by atoms with Crippen LogP contribution in [0.15, 0.2) is 9.89 Å². The number of rotatable bonds is 0. The zero-order valence-electron chi connectivity index (χ0n) is 2.90. The van der Waals surface area contributed by atoms with Gasteiger partial charge in [0, 0.05) is 3.81 Å². The molecule has 5 heavy (non-hydrogen) atoms. The Labute approximate surface area is 45.8 Å². The largest absolute Gasteiger partial charge is 0.136 e. The lowest BCUT2D eigenvalue weighted by Gasteiger charge is -1.69. The Kier molecular flexibility index (Phi) is 3.11. The van der Waals surface area contributed by atoms with Crippen LogP contribution in [0.3, 0.4) is 0 Å². The lowest BCUT2D eigenvalue weighted by atomic mass is 10.8. The third-order valence-electron chi connectivity index (χ3n) is 0.238. The fraction of sp³-hybridized carbons (Fsp3) is 0.333. The summed E-state index contributed by atoms with van der Waals surface area (Å²) in [6.07, 6.45) is 1.86. The molecular formula is C3H5BrS. The molecule has 0 N–H and O–H groups in total. The molecule has 2 heteroatoms. The molecule has 0 unspecified atom stereocenters. The standard InChI is InChI=1S/C3H5BrS/c1-2-3(4)5/h2,5H,1H3/b3-2-. The van der Waals surface area contributed by atoms with Crippen molar-refractivity contribution in [2.75, 3.05) is 0 Å². The van der Waals surface area contributed by atoms with Gasteiger partial charge in [-0.3, -0.25) is 0 Å². The molecule has 0 nitrogen and oxygen atoms in total. The van der Waals surface area contributed by atoms with Gasteiger partial charge in [-0.05, 0) is 22.9 Å². The number of thiol groups is 1. The number of allylic oxidation sites excluding steroid dienone is 1. The lowest BCUT2D eigenvalue weighted by Crippen LogP contribution is -1.37. The minimum atomic E-state index is 0.887. The molecule has 0 aliphatic heterocycles. The van der Waals surface area contributed by atoms with E-state index in [0.29, 0.717) is 0 Å². The van der Waals surface area contributed by atoms with E-state index in [2.05, 4.69) is 28.6 Å². The van der Waals surface area contributed by atoms with Crippen molar-refractivity contribution in [2.24, 2.45) is 0 Å². The quantitative estimate of drug-likeness (QED) is 0.506. The van der Waals surface area contributed by atoms with Crippen LogP contribution in [0.4, 0.5) is 0 Å². The second-order valence-electron chi connectivity index (χ2n) is 0.611. The average Bonchev–Trinajstić information content (AvgIpc) is 1.38. The van der Waals surface area contributed by atoms with E-state index in [0.717, 1.165) is 3.81 Å². The number of hydrogen-bond acceptors (Lipinski definition) is 1. The van der Waals surface area contributed by atoms with Crippen LogP contribution in [0.2, 0.25) is 0 Å². The van der Waals surface area contributed by atoms with Gasteiger partial charge in [0.2, 0.25) is 0 Å². The molecule has 0 atom stereocenters. The Morgan fingerprint density at radius 2 is 2.20 bits per heavy atom. The van der Waals surface area contributed by atoms with Gasteiger partial charge in [0.1, 0.15) is 0 Å². The van der Waals surface area contributed by atoms with E-state index in [1.54, 1.807) is 0 Å². The van der Waals surface area contributed by atoms with Gasteiger partial charge in [-0.15, -0.1) is 12.6 Å². The van der Waals surface area contributed by atoms with Crippen molar-refractivity contribution in [3.8, 4) is 0 Å². The van der Waals surface area contributed by atoms with Crippen molar-refractivity contribution in [3.63, 3.8) is 0 Å². The molecular weight excluding hydrogens is 148 g/mol. The molecule has 0 fully saturated rings. The molecule has 0 aromatic rings. The summed E-state index contributed by atoms with van der Waals surface area (Å²) >= 11 is 6.97. The van der Waals surface area contributed by atoms with Gasteiger partial charge in [-0.2, -0.15) is 0 Å². The van der Waals surface area contributed by atoms with E-state index < -0.39 is 0 Å².